The van der Waals surface area contributed by atoms with Crippen molar-refractivity contribution in [3.63, 3.8) is 0 Å². The molecule has 0 spiro atoms. The van der Waals surface area contributed by atoms with E-state index in [9.17, 15) is 10.1 Å². The van der Waals surface area contributed by atoms with E-state index >= 15 is 0 Å². The van der Waals surface area contributed by atoms with Crippen LogP contribution in [0.3, 0.4) is 0 Å². The number of non-ortho nitro benzene ring substituents is 1. The molecule has 7 heteroatoms. The zero-order valence-corrected chi connectivity index (χ0v) is 11.7. The zero-order chi connectivity index (χ0) is 14.4. The Bertz CT molecular complexity index is 575. The molecular formula is C14H18N4O3. The number of fused-ring (bicyclic) bond motifs is 3. The Balaban J connectivity index is 1.55. The molecule has 1 atom stereocenters. The summed E-state index contributed by atoms with van der Waals surface area (Å²) in [5.74, 6) is 0.638. The molecule has 0 radical (unpaired) electrons. The van der Waals surface area contributed by atoms with E-state index in [1.54, 1.807) is 6.07 Å². The Morgan fingerprint density at radius 2 is 2.14 bits per heavy atom. The van der Waals surface area contributed by atoms with E-state index < -0.39 is 0 Å². The van der Waals surface area contributed by atoms with Gasteiger partial charge < -0.3 is 15.0 Å². The molecule has 3 aliphatic heterocycles. The summed E-state index contributed by atoms with van der Waals surface area (Å²) in [6.07, 6.45) is 0. The van der Waals surface area contributed by atoms with Crippen LogP contribution in [0.15, 0.2) is 18.2 Å². The van der Waals surface area contributed by atoms with Crippen molar-refractivity contribution in [2.75, 3.05) is 44.2 Å². The average Bonchev–Trinajstić information content (AvgIpc) is 2.44. The monoisotopic (exact) mass is 290 g/mol. The Morgan fingerprint density at radius 3 is 2.86 bits per heavy atom. The number of anilines is 1. The van der Waals surface area contributed by atoms with Crippen LogP contribution >= 0.6 is 0 Å². The molecule has 4 rings (SSSR count). The predicted octanol–water partition coefficient (Wildman–Crippen LogP) is 0.450. The lowest BCUT2D eigenvalue weighted by molar-refractivity contribution is -0.384. The fourth-order valence-corrected chi connectivity index (χ4v) is 3.36. The van der Waals surface area contributed by atoms with Gasteiger partial charge in [0.2, 0.25) is 0 Å². The quantitative estimate of drug-likeness (QED) is 0.630. The third kappa shape index (κ3) is 2.13. The van der Waals surface area contributed by atoms with Gasteiger partial charge in [0.05, 0.1) is 22.7 Å². The molecular weight excluding hydrogens is 272 g/mol. The van der Waals surface area contributed by atoms with Gasteiger partial charge in [-0.15, -0.1) is 0 Å². The molecule has 0 aromatic heterocycles. The van der Waals surface area contributed by atoms with Crippen molar-refractivity contribution in [3.05, 3.63) is 28.3 Å². The van der Waals surface area contributed by atoms with E-state index in [0.29, 0.717) is 24.4 Å². The number of benzene rings is 1. The summed E-state index contributed by atoms with van der Waals surface area (Å²) in [5, 5.41) is 14.2. The Labute approximate surface area is 122 Å². The van der Waals surface area contributed by atoms with E-state index in [-0.39, 0.29) is 10.6 Å². The van der Waals surface area contributed by atoms with Crippen molar-refractivity contribution < 1.29 is 9.66 Å². The molecule has 1 aromatic carbocycles. The molecule has 0 aliphatic carbocycles. The fraction of sp³-hybridized carbons (Fsp3) is 0.571. The molecule has 1 aromatic rings. The largest absolute Gasteiger partial charge is 0.489 e. The third-order valence-corrected chi connectivity index (χ3v) is 4.69. The maximum absolute atomic E-state index is 10.9. The van der Waals surface area contributed by atoms with Crippen molar-refractivity contribution in [2.24, 2.45) is 0 Å². The van der Waals surface area contributed by atoms with E-state index in [1.165, 1.54) is 6.07 Å². The van der Waals surface area contributed by atoms with Crippen LogP contribution in [0.25, 0.3) is 0 Å². The van der Waals surface area contributed by atoms with Crippen molar-refractivity contribution in [2.45, 2.75) is 12.1 Å². The molecule has 2 fully saturated rings. The molecule has 0 saturated carbocycles. The minimum atomic E-state index is -0.378. The number of nitrogens with zero attached hydrogens (tertiary/aromatic N) is 3. The minimum absolute atomic E-state index is 0.0892. The fourth-order valence-electron chi connectivity index (χ4n) is 3.36. The first kappa shape index (κ1) is 12.8. The van der Waals surface area contributed by atoms with Gasteiger partial charge in [-0.25, -0.2) is 0 Å². The number of piperazine rings is 1. The lowest BCUT2D eigenvalue weighted by Crippen LogP contribution is -2.65. The number of ether oxygens (including phenoxy) is 1. The molecule has 1 N–H and O–H groups in total. The molecule has 3 heterocycles. The highest BCUT2D eigenvalue weighted by Gasteiger charge is 2.37. The van der Waals surface area contributed by atoms with Crippen molar-refractivity contribution >= 4 is 11.4 Å². The van der Waals surface area contributed by atoms with Gasteiger partial charge in [0, 0.05) is 44.8 Å². The van der Waals surface area contributed by atoms with Crippen LogP contribution in [0.1, 0.15) is 0 Å². The number of hydrogen-bond acceptors (Lipinski definition) is 6. The van der Waals surface area contributed by atoms with Crippen LogP contribution in [0, 0.1) is 10.1 Å². The van der Waals surface area contributed by atoms with Gasteiger partial charge in [-0.05, 0) is 6.07 Å². The molecule has 21 heavy (non-hydrogen) atoms. The van der Waals surface area contributed by atoms with Crippen LogP contribution in [-0.2, 0) is 0 Å². The second-order valence-corrected chi connectivity index (χ2v) is 5.87. The van der Waals surface area contributed by atoms with Crippen LogP contribution in [0.4, 0.5) is 11.4 Å². The van der Waals surface area contributed by atoms with Crippen LogP contribution in [0.5, 0.6) is 5.75 Å². The number of nitro groups is 1. The van der Waals surface area contributed by atoms with E-state index in [1.807, 2.05) is 6.07 Å². The number of nitro benzene ring substituents is 1. The molecule has 3 aliphatic rings. The molecule has 0 amide bonds. The smallest absolute Gasteiger partial charge is 0.273 e. The van der Waals surface area contributed by atoms with Gasteiger partial charge in [0.1, 0.15) is 12.4 Å². The number of nitrogens with one attached hydrogen (secondary N) is 1. The predicted molar refractivity (Wildman–Crippen MR) is 78.0 cm³/mol. The van der Waals surface area contributed by atoms with E-state index in [0.717, 1.165) is 38.4 Å². The second-order valence-electron chi connectivity index (χ2n) is 5.87. The maximum Gasteiger partial charge on any atom is 0.273 e. The van der Waals surface area contributed by atoms with Gasteiger partial charge >= 0.3 is 0 Å². The summed E-state index contributed by atoms with van der Waals surface area (Å²) < 4.78 is 5.78. The summed E-state index contributed by atoms with van der Waals surface area (Å²) in [5.41, 5.74) is 1.08. The summed E-state index contributed by atoms with van der Waals surface area (Å²) >= 11 is 0. The molecule has 2 saturated heterocycles. The van der Waals surface area contributed by atoms with E-state index in [2.05, 4.69) is 15.1 Å². The summed E-state index contributed by atoms with van der Waals surface area (Å²) in [7, 11) is 0. The summed E-state index contributed by atoms with van der Waals surface area (Å²) in [6.45, 7) is 5.76. The first-order valence-electron chi connectivity index (χ1n) is 7.35. The highest BCUT2D eigenvalue weighted by Crippen LogP contribution is 2.38. The Hall–Kier alpha value is -1.86. The topological polar surface area (TPSA) is 70.9 Å². The van der Waals surface area contributed by atoms with Gasteiger partial charge in [-0.1, -0.05) is 0 Å². The average molecular weight is 290 g/mol. The normalized spacial score (nSPS) is 25.5. The van der Waals surface area contributed by atoms with E-state index in [4.69, 9.17) is 4.74 Å². The summed E-state index contributed by atoms with van der Waals surface area (Å²) in [6, 6.07) is 5.92. The first-order valence-corrected chi connectivity index (χ1v) is 7.35. The maximum atomic E-state index is 10.9. The molecule has 7 nitrogen and oxygen atoms in total. The van der Waals surface area contributed by atoms with Crippen molar-refractivity contribution in [1.82, 2.24) is 10.2 Å². The molecule has 112 valence electrons. The van der Waals surface area contributed by atoms with Crippen LogP contribution in [0.2, 0.25) is 0 Å². The molecule has 0 bridgehead atoms. The number of rotatable bonds is 2. The first-order chi connectivity index (χ1) is 10.2. The highest BCUT2D eigenvalue weighted by atomic mass is 16.6. The van der Waals surface area contributed by atoms with Crippen LogP contribution < -0.4 is 15.0 Å². The zero-order valence-electron chi connectivity index (χ0n) is 11.7. The third-order valence-electron chi connectivity index (χ3n) is 4.69. The minimum Gasteiger partial charge on any atom is -0.489 e. The van der Waals surface area contributed by atoms with Gasteiger partial charge in [0.25, 0.3) is 5.69 Å². The Morgan fingerprint density at radius 1 is 1.29 bits per heavy atom. The summed E-state index contributed by atoms with van der Waals surface area (Å²) in [4.78, 5) is 15.3. The standard InChI is InChI=1S/C14H18N4O3/c19-18(20)10-1-2-13-14(5-10)21-9-12-8-16(3-4-17(12)13)11-6-15-7-11/h1-2,5,11-12,15H,3-4,6-9H2/t12-/m0/s1. The molecule has 0 unspecified atom stereocenters. The van der Waals surface area contributed by atoms with Gasteiger partial charge in [-0.3, -0.25) is 15.0 Å². The SMILES string of the molecule is O=[N+]([O-])c1ccc2c(c1)OC[C@@H]1CN(C3CNC3)CCN21. The van der Waals surface area contributed by atoms with Crippen LogP contribution in [-0.4, -0.2) is 61.2 Å². The van der Waals surface area contributed by atoms with Crippen molar-refractivity contribution in [3.8, 4) is 5.75 Å². The van der Waals surface area contributed by atoms with Crippen molar-refractivity contribution in [1.29, 1.82) is 0 Å². The van der Waals surface area contributed by atoms with Gasteiger partial charge in [-0.2, -0.15) is 0 Å². The highest BCUT2D eigenvalue weighted by molar-refractivity contribution is 5.64. The Kier molecular flexibility index (Phi) is 2.97. The lowest BCUT2D eigenvalue weighted by Gasteiger charge is -2.49. The van der Waals surface area contributed by atoms with Gasteiger partial charge in [0.15, 0.2) is 0 Å². The second kappa shape index (κ2) is 4.85. The lowest BCUT2D eigenvalue weighted by atomic mass is 10.0. The number of hydrogen-bond donors (Lipinski definition) is 1.